The van der Waals surface area contributed by atoms with Crippen molar-refractivity contribution in [2.75, 3.05) is 13.1 Å². The number of piperidine rings is 1. The number of rotatable bonds is 5. The molecule has 2 aromatic rings. The Kier molecular flexibility index (Phi) is 6.64. The summed E-state index contributed by atoms with van der Waals surface area (Å²) in [5.74, 6) is -0.552. The maximum absolute atomic E-state index is 13.4. The number of amides is 2. The van der Waals surface area contributed by atoms with E-state index in [0.29, 0.717) is 37.4 Å². The lowest BCUT2D eigenvalue weighted by molar-refractivity contribution is -0.127. The van der Waals surface area contributed by atoms with E-state index in [-0.39, 0.29) is 35.4 Å². The molecule has 31 heavy (non-hydrogen) atoms. The third-order valence-corrected chi connectivity index (χ3v) is 6.64. The Morgan fingerprint density at radius 1 is 0.839 bits per heavy atom. The van der Waals surface area contributed by atoms with Crippen molar-refractivity contribution in [2.45, 2.75) is 44.6 Å². The molecule has 0 radical (unpaired) electrons. The number of hydrogen-bond donors (Lipinski definition) is 1. The van der Waals surface area contributed by atoms with Crippen molar-refractivity contribution in [1.82, 2.24) is 10.2 Å². The Hall–Kier alpha value is -2.76. The molecule has 2 fully saturated rings. The van der Waals surface area contributed by atoms with Gasteiger partial charge in [0.15, 0.2) is 0 Å². The fourth-order valence-electron chi connectivity index (χ4n) is 4.83. The molecular formula is C25H28F2N2O2. The van der Waals surface area contributed by atoms with Crippen LogP contribution in [0.5, 0.6) is 0 Å². The molecule has 0 aromatic heterocycles. The Balaban J connectivity index is 1.37. The summed E-state index contributed by atoms with van der Waals surface area (Å²) in [6, 6.07) is 11.9. The summed E-state index contributed by atoms with van der Waals surface area (Å²) in [5.41, 5.74) is 1.41. The Labute approximate surface area is 181 Å². The maximum atomic E-state index is 13.4. The number of nitrogens with one attached hydrogen (secondary N) is 1. The van der Waals surface area contributed by atoms with Gasteiger partial charge in [-0.3, -0.25) is 9.59 Å². The van der Waals surface area contributed by atoms with E-state index < -0.39 is 0 Å². The number of benzene rings is 2. The van der Waals surface area contributed by atoms with Crippen LogP contribution in [0.1, 0.15) is 60.5 Å². The topological polar surface area (TPSA) is 49.4 Å². The maximum Gasteiger partial charge on any atom is 0.253 e. The minimum Gasteiger partial charge on any atom is -0.349 e. The van der Waals surface area contributed by atoms with Crippen LogP contribution in [0.3, 0.4) is 0 Å². The first kappa shape index (κ1) is 21.5. The fourth-order valence-corrected chi connectivity index (χ4v) is 4.83. The predicted molar refractivity (Wildman–Crippen MR) is 114 cm³/mol. The van der Waals surface area contributed by atoms with Gasteiger partial charge in [0, 0.05) is 24.6 Å². The van der Waals surface area contributed by atoms with Gasteiger partial charge in [-0.2, -0.15) is 0 Å². The molecule has 1 saturated carbocycles. The Morgan fingerprint density at radius 3 is 1.97 bits per heavy atom. The van der Waals surface area contributed by atoms with E-state index in [1.807, 2.05) is 0 Å². The second kappa shape index (κ2) is 9.58. The van der Waals surface area contributed by atoms with Crippen LogP contribution >= 0.6 is 0 Å². The van der Waals surface area contributed by atoms with E-state index in [1.165, 1.54) is 36.4 Å². The summed E-state index contributed by atoms with van der Waals surface area (Å²) in [5, 5.41) is 3.24. The molecule has 4 nitrogen and oxygen atoms in total. The van der Waals surface area contributed by atoms with Crippen molar-refractivity contribution in [2.24, 2.45) is 11.8 Å². The van der Waals surface area contributed by atoms with Crippen LogP contribution in [0, 0.1) is 23.5 Å². The molecule has 1 saturated heterocycles. The highest BCUT2D eigenvalue weighted by atomic mass is 19.1. The molecule has 1 unspecified atom stereocenters. The molecule has 0 spiro atoms. The van der Waals surface area contributed by atoms with Crippen LogP contribution in [0.2, 0.25) is 0 Å². The zero-order valence-electron chi connectivity index (χ0n) is 17.5. The highest BCUT2D eigenvalue weighted by molar-refractivity contribution is 5.94. The van der Waals surface area contributed by atoms with Gasteiger partial charge in [0.2, 0.25) is 5.91 Å². The molecule has 1 aliphatic carbocycles. The molecule has 2 amide bonds. The van der Waals surface area contributed by atoms with Gasteiger partial charge in [-0.15, -0.1) is 0 Å². The minimum absolute atomic E-state index is 0.00936. The number of hydrogen-bond acceptors (Lipinski definition) is 2. The van der Waals surface area contributed by atoms with Gasteiger partial charge in [0.1, 0.15) is 11.6 Å². The largest absolute Gasteiger partial charge is 0.349 e. The van der Waals surface area contributed by atoms with Crippen molar-refractivity contribution in [3.8, 4) is 0 Å². The van der Waals surface area contributed by atoms with Crippen LogP contribution in [0.4, 0.5) is 8.78 Å². The number of nitrogens with zero attached hydrogens (tertiary/aromatic N) is 1. The zero-order valence-corrected chi connectivity index (χ0v) is 17.5. The first-order valence-electron chi connectivity index (χ1n) is 11.1. The van der Waals surface area contributed by atoms with Gasteiger partial charge >= 0.3 is 0 Å². The van der Waals surface area contributed by atoms with Crippen LogP contribution in [0.15, 0.2) is 48.5 Å². The van der Waals surface area contributed by atoms with E-state index in [2.05, 4.69) is 5.32 Å². The van der Waals surface area contributed by atoms with Crippen LogP contribution in [-0.2, 0) is 4.79 Å². The highest BCUT2D eigenvalue weighted by Gasteiger charge is 2.32. The summed E-state index contributed by atoms with van der Waals surface area (Å²) in [4.78, 5) is 27.4. The molecule has 2 aliphatic rings. The lowest BCUT2D eigenvalue weighted by Gasteiger charge is -2.33. The van der Waals surface area contributed by atoms with Gasteiger partial charge in [-0.25, -0.2) is 8.78 Å². The van der Waals surface area contributed by atoms with Gasteiger partial charge in [0.25, 0.3) is 5.91 Å². The van der Waals surface area contributed by atoms with Crippen molar-refractivity contribution in [3.05, 3.63) is 71.3 Å². The first-order valence-corrected chi connectivity index (χ1v) is 11.1. The molecule has 6 heteroatoms. The molecular weight excluding hydrogens is 398 g/mol. The van der Waals surface area contributed by atoms with Crippen LogP contribution in [-0.4, -0.2) is 29.8 Å². The summed E-state index contributed by atoms with van der Waals surface area (Å²) in [6.45, 7) is 0.998. The number of halogens is 2. The van der Waals surface area contributed by atoms with E-state index in [4.69, 9.17) is 0 Å². The van der Waals surface area contributed by atoms with E-state index in [9.17, 15) is 18.4 Å². The molecule has 4 rings (SSSR count). The smallest absolute Gasteiger partial charge is 0.253 e. The van der Waals surface area contributed by atoms with Crippen LogP contribution in [0.25, 0.3) is 0 Å². The Morgan fingerprint density at radius 2 is 1.39 bits per heavy atom. The van der Waals surface area contributed by atoms with Gasteiger partial charge in [-0.05, 0) is 73.6 Å². The summed E-state index contributed by atoms with van der Waals surface area (Å²) < 4.78 is 26.5. The van der Waals surface area contributed by atoms with Crippen molar-refractivity contribution in [3.63, 3.8) is 0 Å². The quantitative estimate of drug-likeness (QED) is 0.742. The minimum atomic E-state index is -0.370. The fraction of sp³-hybridized carbons (Fsp3) is 0.440. The van der Waals surface area contributed by atoms with E-state index in [1.54, 1.807) is 17.0 Å². The molecule has 1 atom stereocenters. The monoisotopic (exact) mass is 426 g/mol. The van der Waals surface area contributed by atoms with Crippen molar-refractivity contribution >= 4 is 11.8 Å². The average Bonchev–Trinajstić information content (AvgIpc) is 3.33. The number of carbonyl (C=O) groups is 2. The summed E-state index contributed by atoms with van der Waals surface area (Å²) in [7, 11) is 0. The summed E-state index contributed by atoms with van der Waals surface area (Å²) in [6.07, 6.45) is 5.63. The second-order valence-electron chi connectivity index (χ2n) is 8.66. The molecule has 1 N–H and O–H groups in total. The molecule has 1 heterocycles. The number of carbonyl (C=O) groups excluding carboxylic acids is 2. The number of likely N-dealkylation sites (tertiary alicyclic amines) is 1. The molecule has 0 bridgehead atoms. The van der Waals surface area contributed by atoms with E-state index in [0.717, 1.165) is 31.2 Å². The van der Waals surface area contributed by atoms with Gasteiger partial charge in [-0.1, -0.05) is 25.0 Å². The van der Waals surface area contributed by atoms with E-state index >= 15 is 0 Å². The normalized spacial score (nSPS) is 18.7. The SMILES string of the molecule is O=C(NC(c1ccc(F)cc1)C1CCCC1)C1CCN(C(=O)c2ccc(F)cc2)CC1. The highest BCUT2D eigenvalue weighted by Crippen LogP contribution is 2.36. The second-order valence-corrected chi connectivity index (χ2v) is 8.66. The standard InChI is InChI=1S/C25H28F2N2O2/c26-21-9-5-18(6-10-21)23(17-3-1-2-4-17)28-24(30)19-13-15-29(16-14-19)25(31)20-7-11-22(27)12-8-20/h5-12,17,19,23H,1-4,13-16H2,(H,28,30). The van der Waals surface area contributed by atoms with Gasteiger partial charge < -0.3 is 10.2 Å². The summed E-state index contributed by atoms with van der Waals surface area (Å²) >= 11 is 0. The van der Waals surface area contributed by atoms with Crippen LogP contribution < -0.4 is 5.32 Å². The van der Waals surface area contributed by atoms with Gasteiger partial charge in [0.05, 0.1) is 6.04 Å². The van der Waals surface area contributed by atoms with Crippen molar-refractivity contribution in [1.29, 1.82) is 0 Å². The first-order chi connectivity index (χ1) is 15.0. The lowest BCUT2D eigenvalue weighted by atomic mass is 9.89. The Bertz CT molecular complexity index is 900. The molecule has 2 aromatic carbocycles. The third kappa shape index (κ3) is 5.12. The predicted octanol–water partition coefficient (Wildman–Crippen LogP) is 4.86. The molecule has 1 aliphatic heterocycles. The third-order valence-electron chi connectivity index (χ3n) is 6.64. The zero-order chi connectivity index (χ0) is 21.8. The lowest BCUT2D eigenvalue weighted by Crippen LogP contribution is -2.44. The van der Waals surface area contributed by atoms with Crippen molar-refractivity contribution < 1.29 is 18.4 Å². The average molecular weight is 427 g/mol. The molecule has 164 valence electrons.